The third kappa shape index (κ3) is 9.85. The zero-order valence-corrected chi connectivity index (χ0v) is 18.8. The van der Waals surface area contributed by atoms with E-state index in [0.717, 1.165) is 23.2 Å². The normalized spacial score (nSPS) is 11.5. The van der Waals surface area contributed by atoms with Crippen molar-refractivity contribution in [2.45, 2.75) is 72.1 Å². The van der Waals surface area contributed by atoms with E-state index in [9.17, 15) is 4.79 Å². The quantitative estimate of drug-likeness (QED) is 0.284. The summed E-state index contributed by atoms with van der Waals surface area (Å²) in [5.74, 6) is -0.203. The van der Waals surface area contributed by atoms with E-state index in [0.29, 0.717) is 5.70 Å². The summed E-state index contributed by atoms with van der Waals surface area (Å²) in [6.07, 6.45) is 11.5. The lowest BCUT2D eigenvalue weighted by atomic mass is 10.1. The van der Waals surface area contributed by atoms with Crippen LogP contribution in [0, 0.1) is 0 Å². The zero-order chi connectivity index (χ0) is 20.1. The summed E-state index contributed by atoms with van der Waals surface area (Å²) in [4.78, 5) is 14.3. The van der Waals surface area contributed by atoms with Crippen LogP contribution in [0.25, 0.3) is 0 Å². The number of rotatable bonds is 13. The van der Waals surface area contributed by atoms with E-state index >= 15 is 0 Å². The number of anilines is 2. The first kappa shape index (κ1) is 23.5. The van der Waals surface area contributed by atoms with Gasteiger partial charge in [0.25, 0.3) is 0 Å². The van der Waals surface area contributed by atoms with Gasteiger partial charge in [0.2, 0.25) is 5.91 Å². The second-order valence-electron chi connectivity index (χ2n) is 7.15. The number of allylic oxidation sites excluding steroid dienone is 1. The van der Waals surface area contributed by atoms with Crippen LogP contribution < -0.4 is 16.0 Å². The summed E-state index contributed by atoms with van der Waals surface area (Å²) in [5.41, 5.74) is 8.02. The van der Waals surface area contributed by atoms with E-state index in [1.54, 1.807) is 6.92 Å². The van der Waals surface area contributed by atoms with Crippen molar-refractivity contribution in [3.8, 4) is 0 Å². The minimum absolute atomic E-state index is 0.203. The number of hydrogen-bond acceptors (Lipinski definition) is 3. The van der Waals surface area contributed by atoms with Crippen molar-refractivity contribution in [3.63, 3.8) is 0 Å². The predicted octanol–water partition coefficient (Wildman–Crippen LogP) is 6.22. The molecule has 152 valence electrons. The molecular weight excluding hydrogens is 402 g/mol. The molecule has 0 aromatic heterocycles. The Balaban J connectivity index is 2.79. The van der Waals surface area contributed by atoms with Crippen molar-refractivity contribution in [1.29, 1.82) is 0 Å². The fourth-order valence-electron chi connectivity index (χ4n) is 3.04. The highest BCUT2D eigenvalue weighted by atomic mass is 79.9. The Hall–Kier alpha value is -1.49. The third-order valence-electron chi connectivity index (χ3n) is 4.48. The lowest BCUT2D eigenvalue weighted by Crippen LogP contribution is -2.26. The smallest absolute Gasteiger partial charge is 0.250 e. The molecule has 4 nitrogen and oxygen atoms in total. The molecule has 0 radical (unpaired) electrons. The minimum atomic E-state index is -0.203. The Morgan fingerprint density at radius 1 is 1.07 bits per heavy atom. The maximum Gasteiger partial charge on any atom is 0.250 e. The molecule has 1 rings (SSSR count). The lowest BCUT2D eigenvalue weighted by Gasteiger charge is -2.26. The summed E-state index contributed by atoms with van der Waals surface area (Å²) in [7, 11) is 0. The molecule has 0 fully saturated rings. The highest BCUT2D eigenvalue weighted by molar-refractivity contribution is 9.10. The fraction of sp³-hybridized carbons (Fsp3) is 0.591. The van der Waals surface area contributed by atoms with Crippen LogP contribution in [0.4, 0.5) is 11.4 Å². The molecule has 0 saturated heterocycles. The number of nitrogens with one attached hydrogen (secondary N) is 1. The molecule has 0 aliphatic heterocycles. The molecule has 0 atom stereocenters. The summed E-state index contributed by atoms with van der Waals surface area (Å²) in [6, 6.07) is 6.03. The molecule has 1 aromatic carbocycles. The molecule has 3 N–H and O–H groups in total. The summed E-state index contributed by atoms with van der Waals surface area (Å²) in [5, 5.41) is 2.86. The van der Waals surface area contributed by atoms with Gasteiger partial charge in [-0.15, -0.1) is 0 Å². The van der Waals surface area contributed by atoms with Crippen LogP contribution in [0.15, 0.2) is 34.4 Å². The van der Waals surface area contributed by atoms with E-state index in [1.165, 1.54) is 63.1 Å². The number of amides is 1. The van der Waals surface area contributed by atoms with Crippen molar-refractivity contribution in [3.05, 3.63) is 34.4 Å². The van der Waals surface area contributed by atoms with Gasteiger partial charge in [0.15, 0.2) is 0 Å². The molecular formula is C22H36BrN3O. The van der Waals surface area contributed by atoms with Crippen molar-refractivity contribution in [2.24, 2.45) is 5.73 Å². The van der Waals surface area contributed by atoms with Crippen molar-refractivity contribution < 1.29 is 4.79 Å². The van der Waals surface area contributed by atoms with Gasteiger partial charge < -0.3 is 16.0 Å². The van der Waals surface area contributed by atoms with Crippen LogP contribution in [0.2, 0.25) is 0 Å². The maximum atomic E-state index is 11.9. The number of unbranched alkanes of at least 4 members (excludes halogenated alkanes) is 6. The lowest BCUT2D eigenvalue weighted by molar-refractivity contribution is -0.111. The van der Waals surface area contributed by atoms with Crippen LogP contribution >= 0.6 is 15.9 Å². The van der Waals surface area contributed by atoms with Crippen LogP contribution in [0.3, 0.4) is 0 Å². The van der Waals surface area contributed by atoms with Crippen molar-refractivity contribution >= 4 is 33.2 Å². The first-order chi connectivity index (χ1) is 13.0. The Kier molecular flexibility index (Phi) is 11.9. The summed E-state index contributed by atoms with van der Waals surface area (Å²) >= 11 is 3.70. The van der Waals surface area contributed by atoms with Crippen LogP contribution in [0.1, 0.15) is 72.1 Å². The number of benzene rings is 1. The first-order valence-corrected chi connectivity index (χ1v) is 11.1. The van der Waals surface area contributed by atoms with Crippen LogP contribution in [-0.4, -0.2) is 19.0 Å². The van der Waals surface area contributed by atoms with E-state index in [2.05, 4.69) is 46.1 Å². The Labute approximate surface area is 173 Å². The standard InChI is InChI=1S/C22H36BrN3O/c1-4-6-8-10-14-26(15-11-9-7-5-2)21-13-12-19(17-20(21)23)25-22(27)16-18(3)24/h12-13,16-17H,4-11,14-15,24H2,1-3H3,(H,25,27)/b18-16-. The van der Waals surface area contributed by atoms with Gasteiger partial charge in [-0.1, -0.05) is 52.4 Å². The molecule has 0 saturated carbocycles. The largest absolute Gasteiger partial charge is 0.402 e. The molecule has 5 heteroatoms. The first-order valence-electron chi connectivity index (χ1n) is 10.3. The molecule has 0 bridgehead atoms. The van der Waals surface area contributed by atoms with Gasteiger partial charge in [0, 0.05) is 35.0 Å². The SMILES string of the molecule is CCCCCCN(CCCCCC)c1ccc(NC(=O)/C=C(/C)N)cc1Br. The van der Waals surface area contributed by atoms with Gasteiger partial charge in [-0.05, 0) is 53.9 Å². The van der Waals surface area contributed by atoms with E-state index in [-0.39, 0.29) is 5.91 Å². The number of carbonyl (C=O) groups is 1. The van der Waals surface area contributed by atoms with Gasteiger partial charge in [-0.3, -0.25) is 4.79 Å². The highest BCUT2D eigenvalue weighted by Crippen LogP contribution is 2.30. The predicted molar refractivity (Wildman–Crippen MR) is 121 cm³/mol. The van der Waals surface area contributed by atoms with E-state index in [4.69, 9.17) is 5.73 Å². The fourth-order valence-corrected chi connectivity index (χ4v) is 3.67. The molecule has 0 heterocycles. The Bertz CT molecular complexity index is 585. The van der Waals surface area contributed by atoms with Gasteiger partial charge in [0.05, 0.1) is 5.69 Å². The van der Waals surface area contributed by atoms with Gasteiger partial charge in [0.1, 0.15) is 0 Å². The highest BCUT2D eigenvalue weighted by Gasteiger charge is 2.11. The van der Waals surface area contributed by atoms with Crippen LogP contribution in [-0.2, 0) is 4.79 Å². The number of carbonyl (C=O) groups excluding carboxylic acids is 1. The number of hydrogen-bond donors (Lipinski definition) is 2. The maximum absolute atomic E-state index is 11.9. The number of nitrogens with zero attached hydrogens (tertiary/aromatic N) is 1. The van der Waals surface area contributed by atoms with Crippen molar-refractivity contribution in [1.82, 2.24) is 0 Å². The third-order valence-corrected chi connectivity index (χ3v) is 5.11. The van der Waals surface area contributed by atoms with Gasteiger partial charge >= 0.3 is 0 Å². The van der Waals surface area contributed by atoms with E-state index in [1.807, 2.05) is 12.1 Å². The topological polar surface area (TPSA) is 58.4 Å². The Morgan fingerprint density at radius 3 is 2.15 bits per heavy atom. The molecule has 0 aliphatic carbocycles. The molecule has 27 heavy (non-hydrogen) atoms. The molecule has 0 spiro atoms. The molecule has 1 aromatic rings. The number of halogens is 1. The minimum Gasteiger partial charge on any atom is -0.402 e. The average Bonchev–Trinajstić information content (AvgIpc) is 2.60. The van der Waals surface area contributed by atoms with Crippen LogP contribution in [0.5, 0.6) is 0 Å². The van der Waals surface area contributed by atoms with Crippen molar-refractivity contribution in [2.75, 3.05) is 23.3 Å². The molecule has 0 aliphatic rings. The summed E-state index contributed by atoms with van der Waals surface area (Å²) < 4.78 is 1.01. The second kappa shape index (κ2) is 13.6. The Morgan fingerprint density at radius 2 is 1.67 bits per heavy atom. The zero-order valence-electron chi connectivity index (χ0n) is 17.2. The molecule has 0 unspecified atom stereocenters. The van der Waals surface area contributed by atoms with E-state index < -0.39 is 0 Å². The molecule has 1 amide bonds. The van der Waals surface area contributed by atoms with Gasteiger partial charge in [-0.25, -0.2) is 0 Å². The summed E-state index contributed by atoms with van der Waals surface area (Å²) in [6.45, 7) is 8.34. The monoisotopic (exact) mass is 437 g/mol. The van der Waals surface area contributed by atoms with Gasteiger partial charge in [-0.2, -0.15) is 0 Å². The number of nitrogens with two attached hydrogens (primary N) is 1. The average molecular weight is 438 g/mol. The second-order valence-corrected chi connectivity index (χ2v) is 8.01.